The van der Waals surface area contributed by atoms with Crippen molar-refractivity contribution in [3.8, 4) is 5.75 Å². The van der Waals surface area contributed by atoms with Gasteiger partial charge >= 0.3 is 0 Å². The highest BCUT2D eigenvalue weighted by Gasteiger charge is 2.29. The van der Waals surface area contributed by atoms with Gasteiger partial charge in [-0.3, -0.25) is 14.4 Å². The molecule has 1 unspecified atom stereocenters. The van der Waals surface area contributed by atoms with Crippen LogP contribution in [0, 0.1) is 0 Å². The summed E-state index contributed by atoms with van der Waals surface area (Å²) in [7, 11) is 1.67. The average molecular weight is 373 g/mol. The van der Waals surface area contributed by atoms with E-state index in [0.717, 1.165) is 32.7 Å². The van der Waals surface area contributed by atoms with Crippen LogP contribution in [0.15, 0.2) is 18.2 Å². The largest absolute Gasteiger partial charge is 0.479 e. The monoisotopic (exact) mass is 373 g/mol. The summed E-state index contributed by atoms with van der Waals surface area (Å²) < 4.78 is 5.58. The van der Waals surface area contributed by atoms with Gasteiger partial charge in [0.1, 0.15) is 5.75 Å². The SMILES string of the molecule is CCN1CCN(C(=O)CCC(=O)c2ccc3c(c2)N(C)C(=O)C(C)O3)CC1. The topological polar surface area (TPSA) is 70.2 Å². The quantitative estimate of drug-likeness (QED) is 0.733. The normalized spacial score (nSPS) is 20.3. The lowest BCUT2D eigenvalue weighted by atomic mass is 10.0. The molecule has 7 heteroatoms. The highest BCUT2D eigenvalue weighted by Crippen LogP contribution is 2.34. The van der Waals surface area contributed by atoms with Crippen LogP contribution in [0.5, 0.6) is 5.75 Å². The summed E-state index contributed by atoms with van der Waals surface area (Å²) in [5.41, 5.74) is 1.08. The molecule has 0 saturated carbocycles. The van der Waals surface area contributed by atoms with Crippen molar-refractivity contribution < 1.29 is 19.1 Å². The smallest absolute Gasteiger partial charge is 0.267 e. The number of anilines is 1. The highest BCUT2D eigenvalue weighted by atomic mass is 16.5. The summed E-state index contributed by atoms with van der Waals surface area (Å²) in [5.74, 6) is 0.374. The van der Waals surface area contributed by atoms with Crippen molar-refractivity contribution in [3.05, 3.63) is 23.8 Å². The lowest BCUT2D eigenvalue weighted by molar-refractivity contribution is -0.132. The minimum absolute atomic E-state index is 0.0292. The second-order valence-corrected chi connectivity index (χ2v) is 7.08. The van der Waals surface area contributed by atoms with E-state index in [2.05, 4.69) is 11.8 Å². The van der Waals surface area contributed by atoms with Crippen LogP contribution in [0.2, 0.25) is 0 Å². The predicted octanol–water partition coefficient (Wildman–Crippen LogP) is 1.56. The van der Waals surface area contributed by atoms with Gasteiger partial charge in [-0.2, -0.15) is 0 Å². The molecule has 2 aliphatic rings. The number of piperazine rings is 1. The summed E-state index contributed by atoms with van der Waals surface area (Å²) >= 11 is 0. The number of hydrogen-bond acceptors (Lipinski definition) is 5. The van der Waals surface area contributed by atoms with Crippen LogP contribution in [-0.4, -0.2) is 73.3 Å². The molecule has 0 N–H and O–H groups in total. The average Bonchev–Trinajstić information content (AvgIpc) is 2.70. The van der Waals surface area contributed by atoms with Crippen molar-refractivity contribution in [2.75, 3.05) is 44.7 Å². The standard InChI is InChI=1S/C20H27N3O4/c1-4-22-9-11-23(12-10-22)19(25)8-6-17(24)15-5-7-18-16(13-15)21(3)20(26)14(2)27-18/h5,7,13-14H,4,6,8-12H2,1-3H3. The first-order chi connectivity index (χ1) is 12.9. The molecule has 0 aliphatic carbocycles. The number of nitrogens with zero attached hydrogens (tertiary/aromatic N) is 3. The molecule has 0 radical (unpaired) electrons. The minimum atomic E-state index is -0.533. The van der Waals surface area contributed by atoms with Crippen LogP contribution < -0.4 is 9.64 Å². The van der Waals surface area contributed by atoms with Gasteiger partial charge in [0.15, 0.2) is 11.9 Å². The molecule has 1 saturated heterocycles. The Balaban J connectivity index is 1.59. The lowest BCUT2D eigenvalue weighted by Gasteiger charge is -2.34. The summed E-state index contributed by atoms with van der Waals surface area (Å²) in [6.07, 6.45) is -0.153. The van der Waals surface area contributed by atoms with E-state index in [1.165, 1.54) is 4.90 Å². The number of fused-ring (bicyclic) bond motifs is 1. The fourth-order valence-electron chi connectivity index (χ4n) is 3.52. The number of hydrogen-bond donors (Lipinski definition) is 0. The first-order valence-electron chi connectivity index (χ1n) is 9.52. The van der Waals surface area contributed by atoms with E-state index in [0.29, 0.717) is 17.0 Å². The van der Waals surface area contributed by atoms with Gasteiger partial charge in [-0.25, -0.2) is 0 Å². The second-order valence-electron chi connectivity index (χ2n) is 7.08. The molecule has 1 aromatic carbocycles. The predicted molar refractivity (Wildman–Crippen MR) is 102 cm³/mol. The van der Waals surface area contributed by atoms with E-state index in [1.807, 2.05) is 4.90 Å². The van der Waals surface area contributed by atoms with E-state index in [-0.39, 0.29) is 30.4 Å². The van der Waals surface area contributed by atoms with Crippen molar-refractivity contribution in [1.29, 1.82) is 0 Å². The number of carbonyl (C=O) groups excluding carboxylic acids is 3. The Hall–Kier alpha value is -2.41. The Morgan fingerprint density at radius 1 is 1.15 bits per heavy atom. The maximum absolute atomic E-state index is 12.5. The third-order valence-electron chi connectivity index (χ3n) is 5.36. The van der Waals surface area contributed by atoms with Crippen molar-refractivity contribution in [2.24, 2.45) is 0 Å². The lowest BCUT2D eigenvalue weighted by Crippen LogP contribution is -2.48. The molecule has 1 atom stereocenters. The maximum Gasteiger partial charge on any atom is 0.267 e. The van der Waals surface area contributed by atoms with Crippen molar-refractivity contribution in [2.45, 2.75) is 32.8 Å². The number of likely N-dealkylation sites (N-methyl/N-ethyl adjacent to an activating group) is 2. The second kappa shape index (κ2) is 8.08. The van der Waals surface area contributed by atoms with Crippen LogP contribution in [0.25, 0.3) is 0 Å². The molecular formula is C20H27N3O4. The van der Waals surface area contributed by atoms with E-state index in [4.69, 9.17) is 4.74 Å². The first-order valence-corrected chi connectivity index (χ1v) is 9.52. The summed E-state index contributed by atoms with van der Waals surface area (Å²) in [5, 5.41) is 0. The van der Waals surface area contributed by atoms with E-state index in [9.17, 15) is 14.4 Å². The number of benzene rings is 1. The third-order valence-corrected chi connectivity index (χ3v) is 5.36. The van der Waals surface area contributed by atoms with Gasteiger partial charge in [0.2, 0.25) is 5.91 Å². The van der Waals surface area contributed by atoms with Crippen LogP contribution in [-0.2, 0) is 9.59 Å². The van der Waals surface area contributed by atoms with Crippen molar-refractivity contribution in [1.82, 2.24) is 9.80 Å². The van der Waals surface area contributed by atoms with E-state index in [1.54, 1.807) is 32.2 Å². The van der Waals surface area contributed by atoms with Gasteiger partial charge < -0.3 is 19.4 Å². The summed E-state index contributed by atoms with van der Waals surface area (Å²) in [4.78, 5) is 42.6. The maximum atomic E-state index is 12.5. The minimum Gasteiger partial charge on any atom is -0.479 e. The Kier molecular flexibility index (Phi) is 5.79. The molecule has 146 valence electrons. The Bertz CT molecular complexity index is 741. The fourth-order valence-corrected chi connectivity index (χ4v) is 3.52. The van der Waals surface area contributed by atoms with Crippen LogP contribution in [0.3, 0.4) is 0 Å². The number of carbonyl (C=O) groups is 3. The summed E-state index contributed by atoms with van der Waals surface area (Å²) in [6, 6.07) is 5.09. The zero-order chi connectivity index (χ0) is 19.6. The third kappa shape index (κ3) is 4.13. The van der Waals surface area contributed by atoms with E-state index >= 15 is 0 Å². The van der Waals surface area contributed by atoms with Gasteiger partial charge in [0.25, 0.3) is 5.91 Å². The van der Waals surface area contributed by atoms with Gasteiger partial charge in [-0.05, 0) is 31.7 Å². The van der Waals surface area contributed by atoms with Crippen molar-refractivity contribution >= 4 is 23.3 Å². The Morgan fingerprint density at radius 2 is 1.85 bits per heavy atom. The van der Waals surface area contributed by atoms with Crippen LogP contribution >= 0.6 is 0 Å². The fraction of sp³-hybridized carbons (Fsp3) is 0.550. The molecule has 0 spiro atoms. The molecule has 7 nitrogen and oxygen atoms in total. The molecule has 2 aliphatic heterocycles. The molecule has 2 amide bonds. The highest BCUT2D eigenvalue weighted by molar-refractivity contribution is 6.03. The zero-order valence-electron chi connectivity index (χ0n) is 16.2. The molecule has 0 bridgehead atoms. The number of Topliss-reactive ketones (excluding diaryl/α,β-unsaturated/α-hetero) is 1. The Labute approximate surface area is 159 Å². The number of amides is 2. The summed E-state index contributed by atoms with van der Waals surface area (Å²) in [6.45, 7) is 8.04. The molecular weight excluding hydrogens is 346 g/mol. The van der Waals surface area contributed by atoms with Gasteiger partial charge in [0, 0.05) is 51.6 Å². The van der Waals surface area contributed by atoms with Crippen LogP contribution in [0.4, 0.5) is 5.69 Å². The van der Waals surface area contributed by atoms with Gasteiger partial charge in [0.05, 0.1) is 5.69 Å². The molecule has 0 aromatic heterocycles. The first kappa shape index (κ1) is 19.4. The zero-order valence-corrected chi connectivity index (χ0v) is 16.2. The molecule has 3 rings (SSSR count). The molecule has 1 aromatic rings. The van der Waals surface area contributed by atoms with Gasteiger partial charge in [-0.1, -0.05) is 6.92 Å². The number of ether oxygens (including phenoxy) is 1. The molecule has 1 fully saturated rings. The number of rotatable bonds is 5. The van der Waals surface area contributed by atoms with Crippen LogP contribution in [0.1, 0.15) is 37.0 Å². The molecule has 2 heterocycles. The molecule has 27 heavy (non-hydrogen) atoms. The number of ketones is 1. The Morgan fingerprint density at radius 3 is 2.52 bits per heavy atom. The van der Waals surface area contributed by atoms with Gasteiger partial charge in [-0.15, -0.1) is 0 Å². The van der Waals surface area contributed by atoms with Crippen molar-refractivity contribution in [3.63, 3.8) is 0 Å². The van der Waals surface area contributed by atoms with E-state index < -0.39 is 6.10 Å².